The lowest BCUT2D eigenvalue weighted by Crippen LogP contribution is -2.31. The molecule has 1 atom stereocenters. The molecule has 30 heavy (non-hydrogen) atoms. The summed E-state index contributed by atoms with van der Waals surface area (Å²) in [5, 5.41) is 14.7. The standard InChI is InChI=1S/C24H30FN3O2/c1-4-15-27(16-18(3)29)17-20-22(5-2)26-28(19-11-7-6-8-12-19)24(20)30-23-14-10-9-13-21(23)25/h6-14,18,29H,4-5,15-17H2,1-3H3/t18-/m0/s1. The van der Waals surface area contributed by atoms with E-state index in [9.17, 15) is 9.50 Å². The second-order valence-corrected chi connectivity index (χ2v) is 7.45. The molecule has 0 amide bonds. The first kappa shape index (κ1) is 22.0. The second kappa shape index (κ2) is 10.4. The van der Waals surface area contributed by atoms with Crippen LogP contribution >= 0.6 is 0 Å². The molecule has 6 heteroatoms. The van der Waals surface area contributed by atoms with Gasteiger partial charge in [-0.15, -0.1) is 0 Å². The molecule has 0 fully saturated rings. The Morgan fingerprint density at radius 2 is 1.80 bits per heavy atom. The molecule has 5 nitrogen and oxygen atoms in total. The van der Waals surface area contributed by atoms with Crippen molar-refractivity contribution in [2.45, 2.75) is 46.3 Å². The molecule has 0 bridgehead atoms. The Balaban J connectivity index is 2.09. The first-order valence-corrected chi connectivity index (χ1v) is 10.5. The monoisotopic (exact) mass is 411 g/mol. The van der Waals surface area contributed by atoms with E-state index in [1.165, 1.54) is 6.07 Å². The zero-order valence-corrected chi connectivity index (χ0v) is 17.9. The van der Waals surface area contributed by atoms with Crippen LogP contribution in [0, 0.1) is 5.82 Å². The number of aromatic nitrogens is 2. The van der Waals surface area contributed by atoms with E-state index in [1.807, 2.05) is 37.3 Å². The Morgan fingerprint density at radius 1 is 1.10 bits per heavy atom. The normalized spacial score (nSPS) is 12.3. The zero-order chi connectivity index (χ0) is 21.5. The average Bonchev–Trinajstić information content (AvgIpc) is 3.07. The largest absolute Gasteiger partial charge is 0.435 e. The van der Waals surface area contributed by atoms with Gasteiger partial charge in [0.05, 0.1) is 23.0 Å². The van der Waals surface area contributed by atoms with Crippen LogP contribution in [0.2, 0.25) is 0 Å². The molecule has 0 unspecified atom stereocenters. The van der Waals surface area contributed by atoms with Crippen molar-refractivity contribution in [1.29, 1.82) is 0 Å². The SMILES string of the molecule is CCCN(Cc1c(CC)nn(-c2ccccc2)c1Oc1ccccc1F)C[C@H](C)O. The molecular weight excluding hydrogens is 381 g/mol. The highest BCUT2D eigenvalue weighted by Crippen LogP contribution is 2.33. The fraction of sp³-hybridized carbons (Fsp3) is 0.375. The van der Waals surface area contributed by atoms with E-state index < -0.39 is 11.9 Å². The van der Waals surface area contributed by atoms with Gasteiger partial charge in [0.1, 0.15) is 0 Å². The lowest BCUT2D eigenvalue weighted by molar-refractivity contribution is 0.121. The molecule has 1 aromatic heterocycles. The molecular formula is C24H30FN3O2. The first-order valence-electron chi connectivity index (χ1n) is 10.5. The molecule has 0 aliphatic rings. The van der Waals surface area contributed by atoms with E-state index in [1.54, 1.807) is 29.8 Å². The first-order chi connectivity index (χ1) is 14.5. The Labute approximate surface area is 177 Å². The summed E-state index contributed by atoms with van der Waals surface area (Å²) in [4.78, 5) is 2.18. The van der Waals surface area contributed by atoms with Crippen molar-refractivity contribution in [2.75, 3.05) is 13.1 Å². The minimum Gasteiger partial charge on any atom is -0.435 e. The van der Waals surface area contributed by atoms with Gasteiger partial charge in [-0.3, -0.25) is 4.90 Å². The predicted molar refractivity (Wildman–Crippen MR) is 117 cm³/mol. The third-order valence-electron chi connectivity index (χ3n) is 4.84. The number of hydrogen-bond donors (Lipinski definition) is 1. The van der Waals surface area contributed by atoms with Crippen LogP contribution in [0.4, 0.5) is 4.39 Å². The van der Waals surface area contributed by atoms with Gasteiger partial charge in [0.2, 0.25) is 5.88 Å². The molecule has 1 N–H and O–H groups in total. The van der Waals surface area contributed by atoms with Crippen LogP contribution in [0.15, 0.2) is 54.6 Å². The highest BCUT2D eigenvalue weighted by atomic mass is 19.1. The summed E-state index contributed by atoms with van der Waals surface area (Å²) in [6.45, 7) is 7.90. The van der Waals surface area contributed by atoms with Crippen LogP contribution in [0.25, 0.3) is 5.69 Å². The topological polar surface area (TPSA) is 50.5 Å². The molecule has 0 aliphatic heterocycles. The Kier molecular flexibility index (Phi) is 7.60. The summed E-state index contributed by atoms with van der Waals surface area (Å²) >= 11 is 0. The fourth-order valence-corrected chi connectivity index (χ4v) is 3.55. The van der Waals surface area contributed by atoms with Crippen molar-refractivity contribution in [3.8, 4) is 17.3 Å². The van der Waals surface area contributed by atoms with Crippen molar-refractivity contribution >= 4 is 0 Å². The number of aliphatic hydroxyl groups is 1. The molecule has 1 heterocycles. The third kappa shape index (κ3) is 5.26. The van der Waals surface area contributed by atoms with Crippen LogP contribution in [-0.4, -0.2) is 39.0 Å². The predicted octanol–water partition coefficient (Wildman–Crippen LogP) is 4.96. The number of rotatable bonds is 10. The molecule has 160 valence electrons. The quantitative estimate of drug-likeness (QED) is 0.512. The maximum Gasteiger partial charge on any atom is 0.227 e. The van der Waals surface area contributed by atoms with Gasteiger partial charge in [0, 0.05) is 13.1 Å². The second-order valence-electron chi connectivity index (χ2n) is 7.45. The Morgan fingerprint density at radius 3 is 2.43 bits per heavy atom. The minimum absolute atomic E-state index is 0.163. The summed E-state index contributed by atoms with van der Waals surface area (Å²) < 4.78 is 22.3. The lowest BCUT2D eigenvalue weighted by Gasteiger charge is -2.23. The van der Waals surface area contributed by atoms with Gasteiger partial charge >= 0.3 is 0 Å². The molecule has 0 radical (unpaired) electrons. The van der Waals surface area contributed by atoms with E-state index >= 15 is 0 Å². The van der Waals surface area contributed by atoms with Crippen LogP contribution in [0.1, 0.15) is 38.4 Å². The van der Waals surface area contributed by atoms with Gasteiger partial charge in [-0.2, -0.15) is 5.10 Å². The summed E-state index contributed by atoms with van der Waals surface area (Å²) in [5.74, 6) is 0.252. The number of hydrogen-bond acceptors (Lipinski definition) is 4. The lowest BCUT2D eigenvalue weighted by atomic mass is 10.1. The Bertz CT molecular complexity index is 941. The molecule has 2 aromatic carbocycles. The van der Waals surface area contributed by atoms with Gasteiger partial charge in [-0.05, 0) is 50.6 Å². The fourth-order valence-electron chi connectivity index (χ4n) is 3.55. The number of para-hydroxylation sites is 2. The third-order valence-corrected chi connectivity index (χ3v) is 4.84. The summed E-state index contributed by atoms with van der Waals surface area (Å²) in [6.07, 6.45) is 1.24. The number of nitrogens with zero attached hydrogens (tertiary/aromatic N) is 3. The van der Waals surface area contributed by atoms with Crippen molar-refractivity contribution < 1.29 is 14.2 Å². The number of benzene rings is 2. The van der Waals surface area contributed by atoms with E-state index in [0.717, 1.165) is 36.3 Å². The number of aryl methyl sites for hydroxylation is 1. The number of ether oxygens (including phenoxy) is 1. The highest BCUT2D eigenvalue weighted by Gasteiger charge is 2.23. The minimum atomic E-state index is -0.443. The van der Waals surface area contributed by atoms with Crippen LogP contribution < -0.4 is 4.74 Å². The summed E-state index contributed by atoms with van der Waals surface area (Å²) in [5.41, 5.74) is 2.66. The molecule has 0 saturated heterocycles. The average molecular weight is 412 g/mol. The van der Waals surface area contributed by atoms with Crippen LogP contribution in [-0.2, 0) is 13.0 Å². The van der Waals surface area contributed by atoms with Gasteiger partial charge in [-0.25, -0.2) is 9.07 Å². The van der Waals surface area contributed by atoms with Gasteiger partial charge in [0.25, 0.3) is 0 Å². The summed E-state index contributed by atoms with van der Waals surface area (Å²) in [6, 6.07) is 16.1. The van der Waals surface area contributed by atoms with Gasteiger partial charge < -0.3 is 9.84 Å². The van der Waals surface area contributed by atoms with E-state index in [0.29, 0.717) is 19.0 Å². The molecule has 0 saturated carbocycles. The molecule has 0 spiro atoms. The molecule has 3 aromatic rings. The van der Waals surface area contributed by atoms with Gasteiger partial charge in [-0.1, -0.05) is 44.2 Å². The highest BCUT2D eigenvalue weighted by molar-refractivity contribution is 5.44. The van der Waals surface area contributed by atoms with Crippen LogP contribution in [0.3, 0.4) is 0 Å². The van der Waals surface area contributed by atoms with Crippen molar-refractivity contribution in [1.82, 2.24) is 14.7 Å². The van der Waals surface area contributed by atoms with Gasteiger partial charge in [0.15, 0.2) is 11.6 Å². The number of aliphatic hydroxyl groups excluding tert-OH is 1. The van der Waals surface area contributed by atoms with E-state index in [4.69, 9.17) is 9.84 Å². The van der Waals surface area contributed by atoms with E-state index in [-0.39, 0.29) is 5.75 Å². The Hall–Kier alpha value is -2.70. The van der Waals surface area contributed by atoms with E-state index in [2.05, 4.69) is 11.8 Å². The molecule has 3 rings (SSSR count). The zero-order valence-electron chi connectivity index (χ0n) is 17.9. The number of halogens is 1. The van der Waals surface area contributed by atoms with Crippen molar-refractivity contribution in [2.24, 2.45) is 0 Å². The van der Waals surface area contributed by atoms with Crippen molar-refractivity contribution in [3.05, 3.63) is 71.7 Å². The molecule has 0 aliphatic carbocycles. The summed E-state index contributed by atoms with van der Waals surface area (Å²) in [7, 11) is 0. The van der Waals surface area contributed by atoms with Crippen molar-refractivity contribution in [3.63, 3.8) is 0 Å². The smallest absolute Gasteiger partial charge is 0.227 e. The maximum atomic E-state index is 14.4. The van der Waals surface area contributed by atoms with Crippen LogP contribution in [0.5, 0.6) is 11.6 Å². The maximum absolute atomic E-state index is 14.4.